The van der Waals surface area contributed by atoms with Crippen LogP contribution in [0.2, 0.25) is 0 Å². The second kappa shape index (κ2) is 35.0. The number of ketones is 1. The highest BCUT2D eigenvalue weighted by Crippen LogP contribution is 2.32. The largest absolute Gasteiger partial charge is 0.348 e. The first kappa shape index (κ1) is 48.9. The lowest BCUT2D eigenvalue weighted by Gasteiger charge is -2.17. The zero-order valence-electron chi connectivity index (χ0n) is 36.6. The lowest BCUT2D eigenvalue weighted by Crippen LogP contribution is -2.01. The van der Waals surface area contributed by atoms with Crippen LogP contribution in [0, 0.1) is 0 Å². The maximum atomic E-state index is 12.0. The Morgan fingerprint density at radius 3 is 1.62 bits per heavy atom. The first-order valence-corrected chi connectivity index (χ1v) is 23.6. The van der Waals surface area contributed by atoms with Crippen molar-refractivity contribution in [2.75, 3.05) is 0 Å². The molecule has 0 saturated carbocycles. The zero-order chi connectivity index (χ0) is 40.2. The number of benzene rings is 2. The Hall–Kier alpha value is -3.25. The fraction of sp³-hybridized carbons (Fsp3) is 0.642. The first-order valence-electron chi connectivity index (χ1n) is 23.6. The van der Waals surface area contributed by atoms with Gasteiger partial charge in [0.2, 0.25) is 0 Å². The molecule has 0 aliphatic carbocycles. The van der Waals surface area contributed by atoms with Crippen LogP contribution in [0.3, 0.4) is 0 Å². The molecule has 310 valence electrons. The van der Waals surface area contributed by atoms with Crippen LogP contribution < -0.4 is 0 Å². The van der Waals surface area contributed by atoms with E-state index >= 15 is 0 Å². The normalized spacial score (nSPS) is 11.8. The van der Waals surface area contributed by atoms with Crippen LogP contribution in [0.1, 0.15) is 229 Å². The molecule has 0 aliphatic rings. The molecule has 0 bridgehead atoms. The van der Waals surface area contributed by atoms with Crippen LogP contribution in [0.5, 0.6) is 0 Å². The van der Waals surface area contributed by atoms with E-state index in [2.05, 4.69) is 85.2 Å². The van der Waals surface area contributed by atoms with Crippen molar-refractivity contribution in [1.29, 1.82) is 0 Å². The topological polar surface area (TPSA) is 53.5 Å². The predicted molar refractivity (Wildman–Crippen MR) is 245 cm³/mol. The van der Waals surface area contributed by atoms with Crippen molar-refractivity contribution in [1.82, 2.24) is 0 Å². The number of carbonyl (C=O) groups is 1. The number of Topliss-reactive ketones (excluding diaryl/α,β-unsaturated/α-hetero) is 1. The van der Waals surface area contributed by atoms with Crippen LogP contribution in [0.15, 0.2) is 72.3 Å². The molecule has 3 heteroatoms. The van der Waals surface area contributed by atoms with Gasteiger partial charge in [0.15, 0.2) is 0 Å². The maximum Gasteiger partial charge on any atom is 0.300 e. The van der Waals surface area contributed by atoms with Gasteiger partial charge in [-0.3, -0.25) is 0 Å². The molecule has 0 aliphatic heterocycles. The first-order chi connectivity index (χ1) is 27.6. The molecular weight excluding hydrogens is 681 g/mol. The summed E-state index contributed by atoms with van der Waals surface area (Å²) in [6.45, 7) is 6.23. The highest BCUT2D eigenvalue weighted by molar-refractivity contribution is 5.88. The monoisotopic (exact) mass is 763 g/mol. The molecule has 0 spiro atoms. The molecule has 0 amide bonds. The highest BCUT2D eigenvalue weighted by Gasteiger charge is 2.15. The summed E-state index contributed by atoms with van der Waals surface area (Å²) < 4.78 is 0. The van der Waals surface area contributed by atoms with Crippen molar-refractivity contribution in [2.45, 2.75) is 220 Å². The van der Waals surface area contributed by atoms with Crippen molar-refractivity contribution >= 4 is 17.2 Å². The molecule has 0 unspecified atom stereocenters. The van der Waals surface area contributed by atoms with Crippen LogP contribution in [0.4, 0.5) is 0 Å². The van der Waals surface area contributed by atoms with Gasteiger partial charge in [0.1, 0.15) is 5.78 Å². The summed E-state index contributed by atoms with van der Waals surface area (Å²) in [7, 11) is 0. The molecule has 56 heavy (non-hydrogen) atoms. The molecule has 0 aromatic heterocycles. The van der Waals surface area contributed by atoms with Gasteiger partial charge in [-0.15, -0.1) is 4.79 Å². The molecule has 0 radical (unpaired) electrons. The Morgan fingerprint density at radius 1 is 0.607 bits per heavy atom. The van der Waals surface area contributed by atoms with E-state index in [0.29, 0.717) is 12.8 Å². The third-order valence-electron chi connectivity index (χ3n) is 11.4. The SMILES string of the molecule is CCCCCCCCCCCCCCCCCCCCCCCC=CC(C=C=[N+]=[N-])=C(c1cccc(CCCCCCCC)c1)c1ccccc1CCC(C)=O. The van der Waals surface area contributed by atoms with Crippen molar-refractivity contribution in [3.05, 3.63) is 100 Å². The third kappa shape index (κ3) is 24.4. The van der Waals surface area contributed by atoms with Gasteiger partial charge in [0, 0.05) is 6.42 Å². The average Bonchev–Trinajstić information content (AvgIpc) is 3.21. The molecular formula is C53H82N2O. The Balaban J connectivity index is 1.86. The fourth-order valence-corrected chi connectivity index (χ4v) is 7.97. The molecule has 0 fully saturated rings. The number of allylic oxidation sites excluding steroid dienone is 4. The number of nitrogens with zero attached hydrogens (tertiary/aromatic N) is 2. The summed E-state index contributed by atoms with van der Waals surface area (Å²) >= 11 is 0. The number of unbranched alkanes of at least 4 members (excludes halogenated alkanes) is 26. The van der Waals surface area contributed by atoms with Gasteiger partial charge in [-0.05, 0) is 72.4 Å². The van der Waals surface area contributed by atoms with E-state index in [4.69, 9.17) is 0 Å². The standard InChI is InChI=1S/C53H82N2O/c1-4-6-8-10-12-13-14-15-16-17-18-19-20-21-22-23-24-25-26-27-28-30-32-39-50(44-45-55-54)53(52-41-34-33-38-49(52)43-42-47(3)56)51-40-35-37-48(46-51)36-31-29-11-9-7-5-2/h32-35,37-41,44,46H,4-31,36,42-43H2,1-3H3. The smallest absolute Gasteiger partial charge is 0.300 e. The Kier molecular flexibility index (Phi) is 30.5. The van der Waals surface area contributed by atoms with Crippen molar-refractivity contribution < 1.29 is 9.58 Å². The zero-order valence-corrected chi connectivity index (χ0v) is 36.6. The number of rotatable bonds is 36. The minimum atomic E-state index is 0.198. The molecule has 0 heterocycles. The van der Waals surface area contributed by atoms with Crippen molar-refractivity contribution in [3.8, 4) is 0 Å². The molecule has 2 rings (SSSR count). The lowest BCUT2D eigenvalue weighted by atomic mass is 9.87. The van der Waals surface area contributed by atoms with E-state index < -0.39 is 0 Å². The number of hydrogen-bond donors (Lipinski definition) is 0. The highest BCUT2D eigenvalue weighted by atomic mass is 16.1. The van der Waals surface area contributed by atoms with Crippen LogP contribution in [-0.4, -0.2) is 16.4 Å². The van der Waals surface area contributed by atoms with E-state index in [0.717, 1.165) is 40.7 Å². The van der Waals surface area contributed by atoms with Gasteiger partial charge in [-0.1, -0.05) is 235 Å². The average molecular weight is 763 g/mol. The second-order valence-corrected chi connectivity index (χ2v) is 16.5. The van der Waals surface area contributed by atoms with Gasteiger partial charge in [0.05, 0.1) is 6.08 Å². The van der Waals surface area contributed by atoms with Gasteiger partial charge in [-0.25, -0.2) is 0 Å². The van der Waals surface area contributed by atoms with Crippen LogP contribution in [0.25, 0.3) is 11.1 Å². The third-order valence-corrected chi connectivity index (χ3v) is 11.4. The van der Waals surface area contributed by atoms with Crippen LogP contribution >= 0.6 is 0 Å². The predicted octanol–water partition coefficient (Wildman–Crippen LogP) is 16.5. The summed E-state index contributed by atoms with van der Waals surface area (Å²) in [5, 5.41) is 0. The van der Waals surface area contributed by atoms with Crippen LogP contribution in [-0.2, 0) is 17.6 Å². The summed E-state index contributed by atoms with van der Waals surface area (Å²) in [5.41, 5.74) is 16.2. The second-order valence-electron chi connectivity index (χ2n) is 16.5. The number of hydrogen-bond acceptors (Lipinski definition) is 1. The minimum Gasteiger partial charge on any atom is -0.348 e. The summed E-state index contributed by atoms with van der Waals surface area (Å²) in [5.74, 6) is 2.92. The number of aryl methyl sites for hydroxylation is 2. The van der Waals surface area contributed by atoms with Gasteiger partial charge in [0.25, 0.3) is 5.87 Å². The minimum absolute atomic E-state index is 0.198. The molecule has 0 saturated heterocycles. The van der Waals surface area contributed by atoms with Crippen molar-refractivity contribution in [3.63, 3.8) is 0 Å². The van der Waals surface area contributed by atoms with E-state index in [1.54, 1.807) is 13.0 Å². The van der Waals surface area contributed by atoms with E-state index in [-0.39, 0.29) is 5.78 Å². The van der Waals surface area contributed by atoms with E-state index in [9.17, 15) is 10.3 Å². The molecule has 0 atom stereocenters. The van der Waals surface area contributed by atoms with Gasteiger partial charge in [-0.2, -0.15) is 0 Å². The quantitative estimate of drug-likeness (QED) is 0.0224. The van der Waals surface area contributed by atoms with Gasteiger partial charge >= 0.3 is 0 Å². The summed E-state index contributed by atoms with van der Waals surface area (Å²) in [6.07, 6.45) is 46.6. The van der Waals surface area contributed by atoms with Crippen molar-refractivity contribution in [2.24, 2.45) is 0 Å². The van der Waals surface area contributed by atoms with Gasteiger partial charge < -0.3 is 10.3 Å². The molecule has 0 N–H and O–H groups in total. The fourth-order valence-electron chi connectivity index (χ4n) is 7.97. The summed E-state index contributed by atoms with van der Waals surface area (Å²) in [4.78, 5) is 15.3. The Labute approximate surface area is 345 Å². The maximum absolute atomic E-state index is 12.0. The number of carbonyl (C=O) groups excluding carboxylic acids is 1. The Morgan fingerprint density at radius 2 is 1.11 bits per heavy atom. The van der Waals surface area contributed by atoms with E-state index in [1.165, 1.54) is 179 Å². The summed E-state index contributed by atoms with van der Waals surface area (Å²) in [6, 6.07) is 17.4. The Bertz CT molecular complexity index is 1440. The lowest BCUT2D eigenvalue weighted by molar-refractivity contribution is -0.116. The molecule has 2 aromatic carbocycles. The van der Waals surface area contributed by atoms with E-state index in [1.807, 2.05) is 0 Å². The molecule has 3 nitrogen and oxygen atoms in total. The molecule has 2 aromatic rings.